The number of rotatable bonds is 14. The predicted octanol–water partition coefficient (Wildman–Crippen LogP) is 8.79. The van der Waals surface area contributed by atoms with Crippen LogP contribution in [0.3, 0.4) is 0 Å². The van der Waals surface area contributed by atoms with Crippen molar-refractivity contribution < 1.29 is 14.3 Å². The van der Waals surface area contributed by atoms with Crippen LogP contribution >= 0.6 is 0 Å². The molecule has 3 rings (SSSR count). The van der Waals surface area contributed by atoms with Crippen molar-refractivity contribution in [2.24, 2.45) is 17.8 Å². The van der Waals surface area contributed by atoms with Gasteiger partial charge in [-0.3, -0.25) is 0 Å². The molecule has 2 heterocycles. The Morgan fingerprint density at radius 3 is 2.18 bits per heavy atom. The fraction of sp³-hybridized carbons (Fsp3) is 0.794. The van der Waals surface area contributed by atoms with E-state index in [0.29, 0.717) is 0 Å². The number of ether oxygens (including phenoxy) is 2. The largest absolute Gasteiger partial charge is 0.487 e. The maximum atomic E-state index is 12.7. The van der Waals surface area contributed by atoms with E-state index in [1.165, 1.54) is 56.9 Å². The molecule has 38 heavy (non-hydrogen) atoms. The van der Waals surface area contributed by atoms with Gasteiger partial charge in [0, 0.05) is 5.56 Å². The first-order valence-electron chi connectivity index (χ1n) is 15.8. The van der Waals surface area contributed by atoms with Crippen LogP contribution in [0.25, 0.3) is 0 Å². The van der Waals surface area contributed by atoms with E-state index >= 15 is 0 Å². The second kappa shape index (κ2) is 14.2. The van der Waals surface area contributed by atoms with Gasteiger partial charge in [0.05, 0.1) is 0 Å². The van der Waals surface area contributed by atoms with E-state index in [2.05, 4.69) is 60.7 Å². The molecule has 2 aliphatic rings. The van der Waals surface area contributed by atoms with E-state index in [0.717, 1.165) is 84.6 Å². The highest BCUT2D eigenvalue weighted by Gasteiger charge is 2.35. The molecule has 1 aromatic rings. The number of fused-ring (bicyclic) bond motifs is 1. The lowest BCUT2D eigenvalue weighted by atomic mass is 9.83. The van der Waals surface area contributed by atoms with E-state index in [1.807, 2.05) is 0 Å². The Bertz CT molecular complexity index is 917. The third-order valence-corrected chi connectivity index (χ3v) is 9.39. The molecule has 216 valence electrons. The Labute approximate surface area is 234 Å². The minimum Gasteiger partial charge on any atom is -0.487 e. The molecule has 0 aliphatic carbocycles. The highest BCUT2D eigenvalue weighted by atomic mass is 16.5. The molecule has 4 heteroatoms. The molecule has 0 spiro atoms. The zero-order chi connectivity index (χ0) is 27.9. The molecule has 4 atom stereocenters. The fourth-order valence-corrected chi connectivity index (χ4v) is 6.47. The highest BCUT2D eigenvalue weighted by Crippen LogP contribution is 2.45. The SMILES string of the molecule is Cc1c(C)c2c(c(C)c1OC(=O)[C@@H]1CCCN1)CCC(C)(CCCC(C)CCCC(C)CCCC(C)C)O2. The van der Waals surface area contributed by atoms with Crippen LogP contribution < -0.4 is 14.8 Å². The summed E-state index contributed by atoms with van der Waals surface area (Å²) in [5.74, 6) is 4.12. The smallest absolute Gasteiger partial charge is 0.328 e. The summed E-state index contributed by atoms with van der Waals surface area (Å²) >= 11 is 0. The number of nitrogens with one attached hydrogen (secondary N) is 1. The molecule has 0 amide bonds. The lowest BCUT2D eigenvalue weighted by molar-refractivity contribution is -0.136. The Balaban J connectivity index is 1.48. The lowest BCUT2D eigenvalue weighted by Gasteiger charge is -2.38. The predicted molar refractivity (Wildman–Crippen MR) is 159 cm³/mol. The summed E-state index contributed by atoms with van der Waals surface area (Å²) < 4.78 is 12.7. The first-order valence-corrected chi connectivity index (χ1v) is 15.8. The molecular formula is C34H57NO3. The molecule has 1 aromatic carbocycles. The van der Waals surface area contributed by atoms with Crippen LogP contribution in [0.15, 0.2) is 0 Å². The summed E-state index contributed by atoms with van der Waals surface area (Å²) in [4.78, 5) is 12.7. The van der Waals surface area contributed by atoms with Crippen molar-refractivity contribution in [2.45, 2.75) is 151 Å². The number of benzene rings is 1. The van der Waals surface area contributed by atoms with E-state index < -0.39 is 0 Å². The van der Waals surface area contributed by atoms with Crippen LogP contribution in [0.1, 0.15) is 134 Å². The Hall–Kier alpha value is -1.55. The molecule has 0 saturated carbocycles. The van der Waals surface area contributed by atoms with Crippen molar-refractivity contribution >= 4 is 5.97 Å². The summed E-state index contributed by atoms with van der Waals surface area (Å²) in [6, 6.07) is -0.176. The Kier molecular flexibility index (Phi) is 11.6. The molecule has 4 nitrogen and oxygen atoms in total. The van der Waals surface area contributed by atoms with Gasteiger partial charge in [-0.1, -0.05) is 72.6 Å². The quantitative estimate of drug-likeness (QED) is 0.194. The molecule has 3 unspecified atom stereocenters. The van der Waals surface area contributed by atoms with Crippen LogP contribution in [-0.2, 0) is 11.2 Å². The van der Waals surface area contributed by atoms with Gasteiger partial charge in [0.1, 0.15) is 23.1 Å². The average molecular weight is 528 g/mol. The first-order chi connectivity index (χ1) is 18.0. The van der Waals surface area contributed by atoms with Crippen molar-refractivity contribution in [3.05, 3.63) is 22.3 Å². The molecule has 0 bridgehead atoms. The normalized spacial score (nSPS) is 22.7. The summed E-state index contributed by atoms with van der Waals surface area (Å²) in [7, 11) is 0. The molecule has 0 aromatic heterocycles. The van der Waals surface area contributed by atoms with Crippen molar-refractivity contribution in [3.63, 3.8) is 0 Å². The maximum absolute atomic E-state index is 12.7. The third kappa shape index (κ3) is 8.47. The number of hydrogen-bond acceptors (Lipinski definition) is 4. The third-order valence-electron chi connectivity index (χ3n) is 9.39. The molecule has 1 N–H and O–H groups in total. The Morgan fingerprint density at radius 1 is 0.947 bits per heavy atom. The maximum Gasteiger partial charge on any atom is 0.328 e. The van der Waals surface area contributed by atoms with Crippen molar-refractivity contribution in [3.8, 4) is 11.5 Å². The number of carbonyl (C=O) groups excluding carboxylic acids is 1. The molecule has 0 radical (unpaired) electrons. The van der Waals surface area contributed by atoms with Crippen molar-refractivity contribution in [1.29, 1.82) is 0 Å². The number of esters is 1. The summed E-state index contributed by atoms with van der Waals surface area (Å²) in [6.45, 7) is 19.0. The highest BCUT2D eigenvalue weighted by molar-refractivity contribution is 5.80. The summed E-state index contributed by atoms with van der Waals surface area (Å²) in [5.41, 5.74) is 4.33. The van der Waals surface area contributed by atoms with Crippen LogP contribution in [-0.4, -0.2) is 24.2 Å². The van der Waals surface area contributed by atoms with Crippen LogP contribution in [0.5, 0.6) is 11.5 Å². The van der Waals surface area contributed by atoms with Gasteiger partial charge in [-0.25, -0.2) is 4.79 Å². The zero-order valence-electron chi connectivity index (χ0n) is 25.9. The van der Waals surface area contributed by atoms with Gasteiger partial charge in [0.15, 0.2) is 0 Å². The zero-order valence-corrected chi connectivity index (χ0v) is 25.9. The van der Waals surface area contributed by atoms with E-state index in [-0.39, 0.29) is 17.6 Å². The van der Waals surface area contributed by atoms with Gasteiger partial charge >= 0.3 is 5.97 Å². The van der Waals surface area contributed by atoms with E-state index in [1.54, 1.807) is 0 Å². The average Bonchev–Trinajstić information content (AvgIpc) is 3.40. The number of carbonyl (C=O) groups is 1. The second-order valence-electron chi connectivity index (χ2n) is 13.5. The standard InChI is InChI=1S/C34H57NO3/c1-23(2)13-9-14-24(3)15-10-16-25(4)17-11-20-34(8)21-19-29-28(7)31(26(5)27(6)32(29)38-34)37-33(36)30-18-12-22-35-30/h23-25,30,35H,9-22H2,1-8H3/t24?,25?,30-,34?/m0/s1. The minimum absolute atomic E-state index is 0.118. The summed E-state index contributed by atoms with van der Waals surface area (Å²) in [6.07, 6.45) is 15.8. The van der Waals surface area contributed by atoms with Gasteiger partial charge in [0.25, 0.3) is 0 Å². The van der Waals surface area contributed by atoms with Gasteiger partial charge in [-0.05, 0) is 107 Å². The van der Waals surface area contributed by atoms with Gasteiger partial charge in [-0.15, -0.1) is 0 Å². The van der Waals surface area contributed by atoms with E-state index in [9.17, 15) is 4.79 Å². The van der Waals surface area contributed by atoms with Gasteiger partial charge < -0.3 is 14.8 Å². The second-order valence-corrected chi connectivity index (χ2v) is 13.5. The lowest BCUT2D eigenvalue weighted by Crippen LogP contribution is -2.37. The fourth-order valence-electron chi connectivity index (χ4n) is 6.47. The molecule has 1 fully saturated rings. The number of hydrogen-bond donors (Lipinski definition) is 1. The molecule has 1 saturated heterocycles. The van der Waals surface area contributed by atoms with E-state index in [4.69, 9.17) is 9.47 Å². The summed E-state index contributed by atoms with van der Waals surface area (Å²) in [5, 5.41) is 3.26. The van der Waals surface area contributed by atoms with Crippen molar-refractivity contribution in [1.82, 2.24) is 5.32 Å². The van der Waals surface area contributed by atoms with Crippen LogP contribution in [0, 0.1) is 38.5 Å². The monoisotopic (exact) mass is 527 g/mol. The van der Waals surface area contributed by atoms with Gasteiger partial charge in [-0.2, -0.15) is 0 Å². The Morgan fingerprint density at radius 2 is 1.58 bits per heavy atom. The van der Waals surface area contributed by atoms with Crippen LogP contribution in [0.4, 0.5) is 0 Å². The topological polar surface area (TPSA) is 47.6 Å². The molecule has 2 aliphatic heterocycles. The van der Waals surface area contributed by atoms with Crippen LogP contribution in [0.2, 0.25) is 0 Å². The van der Waals surface area contributed by atoms with Gasteiger partial charge in [0.2, 0.25) is 0 Å². The first kappa shape index (κ1) is 31.0. The molecular weight excluding hydrogens is 470 g/mol. The minimum atomic E-state index is -0.176. The van der Waals surface area contributed by atoms with Crippen molar-refractivity contribution in [2.75, 3.05) is 6.54 Å².